The van der Waals surface area contributed by atoms with Gasteiger partial charge in [-0.25, -0.2) is 0 Å². The molecule has 0 bridgehead atoms. The van der Waals surface area contributed by atoms with E-state index in [2.05, 4.69) is 9.26 Å². The van der Waals surface area contributed by atoms with Crippen LogP contribution in [0, 0.1) is 0 Å². The summed E-state index contributed by atoms with van der Waals surface area (Å²) in [6.45, 7) is -1.33. The predicted molar refractivity (Wildman–Crippen MR) is 29.2 cm³/mol. The minimum atomic E-state index is -4.71. The number of hydrogen-bond donors (Lipinski definition) is 1. The molecule has 0 aliphatic carbocycles. The van der Waals surface area contributed by atoms with Crippen LogP contribution in [0.3, 0.4) is 0 Å². The molecule has 0 amide bonds. The highest BCUT2D eigenvalue weighted by molar-refractivity contribution is 7.32. The number of ether oxygens (including phenoxy) is 1. The lowest BCUT2D eigenvalue weighted by Gasteiger charge is -2.05. The van der Waals surface area contributed by atoms with E-state index in [-0.39, 0.29) is 0 Å². The maximum atomic E-state index is 11.2. The van der Waals surface area contributed by atoms with Crippen molar-refractivity contribution in [3.05, 3.63) is 0 Å². The molecule has 8 heteroatoms. The number of halogens is 3. The zero-order valence-electron chi connectivity index (χ0n) is 5.22. The molecule has 68 valence electrons. The molecule has 1 atom stereocenters. The van der Waals surface area contributed by atoms with Crippen molar-refractivity contribution < 1.29 is 31.9 Å². The van der Waals surface area contributed by atoms with E-state index in [4.69, 9.17) is 4.89 Å². The highest BCUT2D eigenvalue weighted by Crippen LogP contribution is 2.17. The largest absolute Gasteiger partial charge is 0.522 e. The van der Waals surface area contributed by atoms with Crippen LogP contribution in [-0.4, -0.2) is 24.5 Å². The molecule has 0 rings (SSSR count). The number of hydrogen-bond acceptors (Lipinski definition) is 3. The molecule has 11 heavy (non-hydrogen) atoms. The summed E-state index contributed by atoms with van der Waals surface area (Å²) in [7, 11) is -3.15. The van der Waals surface area contributed by atoms with Crippen LogP contribution in [0.1, 0.15) is 0 Å². The lowest BCUT2D eigenvalue weighted by Crippen LogP contribution is -2.16. The lowest BCUT2D eigenvalue weighted by atomic mass is 10.8. The smallest absolute Gasteiger partial charge is 0.326 e. The predicted octanol–water partition coefficient (Wildman–Crippen LogP) is 0.921. The monoisotopic (exact) mass is 194 g/mol. The van der Waals surface area contributed by atoms with Crippen molar-refractivity contribution in [1.82, 2.24) is 0 Å². The SMILES string of the molecule is O=[PH](O)OCCOC(F)(F)F. The van der Waals surface area contributed by atoms with Crippen LogP contribution >= 0.6 is 8.25 Å². The van der Waals surface area contributed by atoms with Gasteiger partial charge in [0.25, 0.3) is 0 Å². The van der Waals surface area contributed by atoms with E-state index in [1.54, 1.807) is 0 Å². The normalized spacial score (nSPS) is 14.9. The standard InChI is InChI=1S/C3H6F3O4P/c4-3(5,6)9-1-2-10-11(7)8/h11H,1-2H2,(H,7,8). The summed E-state index contributed by atoms with van der Waals surface area (Å²) in [4.78, 5) is 7.97. The van der Waals surface area contributed by atoms with Gasteiger partial charge in [-0.2, -0.15) is 0 Å². The van der Waals surface area contributed by atoms with E-state index in [1.165, 1.54) is 0 Å². The van der Waals surface area contributed by atoms with E-state index >= 15 is 0 Å². The Morgan fingerprint density at radius 1 is 1.36 bits per heavy atom. The summed E-state index contributed by atoms with van der Waals surface area (Å²) >= 11 is 0. The summed E-state index contributed by atoms with van der Waals surface area (Å²) in [5.41, 5.74) is 0. The van der Waals surface area contributed by atoms with Crippen molar-refractivity contribution in [2.75, 3.05) is 13.2 Å². The molecule has 0 saturated carbocycles. The van der Waals surface area contributed by atoms with E-state index in [0.717, 1.165) is 0 Å². The Bertz CT molecular complexity index is 135. The zero-order chi connectivity index (χ0) is 8.91. The van der Waals surface area contributed by atoms with Crippen LogP contribution in [0.25, 0.3) is 0 Å². The number of rotatable bonds is 4. The van der Waals surface area contributed by atoms with Crippen molar-refractivity contribution >= 4 is 8.25 Å². The first-order valence-corrected chi connectivity index (χ1v) is 3.74. The molecule has 4 nitrogen and oxygen atoms in total. The Balaban J connectivity index is 3.22. The maximum absolute atomic E-state index is 11.2. The van der Waals surface area contributed by atoms with Crippen molar-refractivity contribution in [3.63, 3.8) is 0 Å². The van der Waals surface area contributed by atoms with Gasteiger partial charge in [-0.3, -0.25) is 9.30 Å². The first kappa shape index (κ1) is 10.9. The van der Waals surface area contributed by atoms with Gasteiger partial charge in [0.2, 0.25) is 0 Å². The summed E-state index contributed by atoms with van der Waals surface area (Å²) in [6.07, 6.45) is -4.71. The topological polar surface area (TPSA) is 55.8 Å². The minimum Gasteiger partial charge on any atom is -0.326 e. The van der Waals surface area contributed by atoms with E-state index in [0.29, 0.717) is 0 Å². The number of alkyl halides is 3. The molecule has 0 spiro atoms. The molecule has 1 N–H and O–H groups in total. The molecule has 0 radical (unpaired) electrons. The Kier molecular flexibility index (Phi) is 4.67. The highest BCUT2D eigenvalue weighted by Gasteiger charge is 2.28. The molecule has 0 aromatic carbocycles. The molecule has 0 aliphatic heterocycles. The van der Waals surface area contributed by atoms with Gasteiger partial charge >= 0.3 is 14.6 Å². The van der Waals surface area contributed by atoms with Gasteiger partial charge in [-0.1, -0.05) is 0 Å². The van der Waals surface area contributed by atoms with Crippen LogP contribution < -0.4 is 0 Å². The van der Waals surface area contributed by atoms with Gasteiger partial charge < -0.3 is 9.42 Å². The summed E-state index contributed by atoms with van der Waals surface area (Å²) in [5.74, 6) is 0. The molecule has 0 heterocycles. The zero-order valence-corrected chi connectivity index (χ0v) is 6.22. The third-order valence-electron chi connectivity index (χ3n) is 0.575. The maximum Gasteiger partial charge on any atom is 0.522 e. The first-order valence-electron chi connectivity index (χ1n) is 2.48. The van der Waals surface area contributed by atoms with Crippen molar-refractivity contribution in [3.8, 4) is 0 Å². The Labute approximate surface area is 60.9 Å². The van der Waals surface area contributed by atoms with E-state index < -0.39 is 27.8 Å². The van der Waals surface area contributed by atoms with Crippen LogP contribution in [0.15, 0.2) is 0 Å². The lowest BCUT2D eigenvalue weighted by molar-refractivity contribution is -0.325. The highest BCUT2D eigenvalue weighted by atomic mass is 31.1. The van der Waals surface area contributed by atoms with Crippen LogP contribution in [0.5, 0.6) is 0 Å². The molecule has 0 aromatic heterocycles. The second kappa shape index (κ2) is 4.71. The second-order valence-corrected chi connectivity index (χ2v) is 2.23. The van der Waals surface area contributed by atoms with Crippen molar-refractivity contribution in [2.24, 2.45) is 0 Å². The fraction of sp³-hybridized carbons (Fsp3) is 1.00. The van der Waals surface area contributed by atoms with Crippen LogP contribution in [-0.2, 0) is 13.8 Å². The fourth-order valence-electron chi connectivity index (χ4n) is 0.286. The van der Waals surface area contributed by atoms with Gasteiger partial charge in [0.05, 0.1) is 13.2 Å². The fourth-order valence-corrected chi connectivity index (χ4v) is 0.544. The molecular weight excluding hydrogens is 188 g/mol. The van der Waals surface area contributed by atoms with Gasteiger partial charge in [0, 0.05) is 0 Å². The quantitative estimate of drug-likeness (QED) is 0.534. The molecule has 1 unspecified atom stereocenters. The average molecular weight is 194 g/mol. The third-order valence-corrected chi connectivity index (χ3v) is 1.03. The van der Waals surface area contributed by atoms with Crippen LogP contribution in [0.2, 0.25) is 0 Å². The molecular formula is C3H6F3O4P. The van der Waals surface area contributed by atoms with Crippen molar-refractivity contribution in [1.29, 1.82) is 0 Å². The molecule has 0 saturated heterocycles. The van der Waals surface area contributed by atoms with Crippen LogP contribution in [0.4, 0.5) is 13.2 Å². The Hall–Kier alpha value is -0.100. The first-order chi connectivity index (χ1) is 4.92. The van der Waals surface area contributed by atoms with Crippen molar-refractivity contribution in [2.45, 2.75) is 6.36 Å². The van der Waals surface area contributed by atoms with Gasteiger partial charge in [-0.05, 0) is 0 Å². The Morgan fingerprint density at radius 2 is 1.91 bits per heavy atom. The summed E-state index contributed by atoms with van der Waals surface area (Å²) < 4.78 is 50.4. The molecule has 0 fully saturated rings. The molecule has 0 aliphatic rings. The third kappa shape index (κ3) is 9.90. The van der Waals surface area contributed by atoms with Gasteiger partial charge in [-0.15, -0.1) is 13.2 Å². The van der Waals surface area contributed by atoms with E-state index in [1.807, 2.05) is 0 Å². The summed E-state index contributed by atoms with van der Waals surface area (Å²) in [5, 5.41) is 0. The summed E-state index contributed by atoms with van der Waals surface area (Å²) in [6, 6.07) is 0. The average Bonchev–Trinajstić information content (AvgIpc) is 1.78. The second-order valence-electron chi connectivity index (χ2n) is 1.41. The Morgan fingerprint density at radius 3 is 2.27 bits per heavy atom. The van der Waals surface area contributed by atoms with Gasteiger partial charge in [0.15, 0.2) is 0 Å². The van der Waals surface area contributed by atoms with E-state index in [9.17, 15) is 17.7 Å². The van der Waals surface area contributed by atoms with Gasteiger partial charge in [0.1, 0.15) is 0 Å². The minimum absolute atomic E-state index is 0.548. The molecule has 0 aromatic rings.